The first-order valence-electron chi connectivity index (χ1n) is 8.05. The van der Waals surface area contributed by atoms with Gasteiger partial charge in [0.05, 0.1) is 0 Å². The van der Waals surface area contributed by atoms with Gasteiger partial charge in [0.1, 0.15) is 0 Å². The Morgan fingerprint density at radius 3 is 2.10 bits per heavy atom. The summed E-state index contributed by atoms with van der Waals surface area (Å²) in [7, 11) is 0. The lowest BCUT2D eigenvalue weighted by Crippen LogP contribution is -2.29. The smallest absolute Gasteiger partial charge is 0.0438 e. The Bertz CT molecular complexity index is 408. The monoisotopic (exact) mass is 295 g/mol. The van der Waals surface area contributed by atoms with Gasteiger partial charge in [-0.2, -0.15) is 0 Å². The minimum atomic E-state index is 0.455. The van der Waals surface area contributed by atoms with Crippen LogP contribution in [0, 0.1) is 19.8 Å². The van der Waals surface area contributed by atoms with Gasteiger partial charge in [0.25, 0.3) is 0 Å². The number of hydrogen-bond acceptors (Lipinski definition) is 1. The van der Waals surface area contributed by atoms with Gasteiger partial charge in [-0.1, -0.05) is 51.3 Å². The summed E-state index contributed by atoms with van der Waals surface area (Å²) in [5.74, 6) is 0.712. The average molecular weight is 296 g/mol. The van der Waals surface area contributed by atoms with Crippen molar-refractivity contribution in [3.8, 4) is 0 Å². The third-order valence-electron chi connectivity index (χ3n) is 4.10. The highest BCUT2D eigenvalue weighted by Gasteiger charge is 2.23. The van der Waals surface area contributed by atoms with Gasteiger partial charge in [-0.25, -0.2) is 0 Å². The molecule has 1 nitrogen and oxygen atoms in total. The quantitative estimate of drug-likeness (QED) is 0.637. The molecule has 1 aromatic rings. The molecule has 0 fully saturated rings. The normalized spacial score (nSPS) is 12.9. The molecular weight excluding hydrogens is 266 g/mol. The van der Waals surface area contributed by atoms with Crippen LogP contribution >= 0.6 is 11.6 Å². The van der Waals surface area contributed by atoms with Crippen LogP contribution in [-0.4, -0.2) is 6.54 Å². The largest absolute Gasteiger partial charge is 0.310 e. The molecule has 1 unspecified atom stereocenters. The molecule has 2 heteroatoms. The van der Waals surface area contributed by atoms with E-state index in [1.165, 1.54) is 42.4 Å². The summed E-state index contributed by atoms with van der Waals surface area (Å²) in [5.41, 5.74) is 3.92. The predicted octanol–water partition coefficient (Wildman–Crippen LogP) is 5.82. The van der Waals surface area contributed by atoms with Crippen LogP contribution in [0.25, 0.3) is 0 Å². The summed E-state index contributed by atoms with van der Waals surface area (Å²) in [6.07, 6.45) is 5.07. The Hall–Kier alpha value is -0.530. The zero-order chi connectivity index (χ0) is 15.1. The maximum atomic E-state index is 6.25. The zero-order valence-electron chi connectivity index (χ0n) is 13.7. The molecule has 20 heavy (non-hydrogen) atoms. The SMILES string of the molecule is CCCC(CCC)C(NCC)c1cc(C)c(Cl)cc1C. The number of rotatable bonds is 8. The first kappa shape index (κ1) is 17.5. The molecule has 114 valence electrons. The average Bonchev–Trinajstić information content (AvgIpc) is 2.40. The van der Waals surface area contributed by atoms with E-state index >= 15 is 0 Å². The summed E-state index contributed by atoms with van der Waals surface area (Å²) in [5, 5.41) is 4.59. The lowest BCUT2D eigenvalue weighted by molar-refractivity contribution is 0.319. The maximum absolute atomic E-state index is 6.25. The number of hydrogen-bond donors (Lipinski definition) is 1. The second-order valence-corrected chi connectivity index (χ2v) is 6.24. The molecule has 0 saturated heterocycles. The highest BCUT2D eigenvalue weighted by atomic mass is 35.5. The lowest BCUT2D eigenvalue weighted by atomic mass is 9.84. The molecule has 0 spiro atoms. The van der Waals surface area contributed by atoms with Crippen LogP contribution in [0.2, 0.25) is 5.02 Å². The molecule has 0 bridgehead atoms. The predicted molar refractivity (Wildman–Crippen MR) is 90.6 cm³/mol. The van der Waals surface area contributed by atoms with E-state index in [4.69, 9.17) is 11.6 Å². The molecular formula is C18H30ClN. The number of aryl methyl sites for hydroxylation is 2. The molecule has 0 heterocycles. The van der Waals surface area contributed by atoms with Gasteiger partial charge in [-0.3, -0.25) is 0 Å². The Labute approximate surface area is 130 Å². The summed E-state index contributed by atoms with van der Waals surface area (Å²) in [6.45, 7) is 12.1. The van der Waals surface area contributed by atoms with E-state index in [9.17, 15) is 0 Å². The first-order chi connectivity index (χ1) is 9.54. The molecule has 0 amide bonds. The van der Waals surface area contributed by atoms with E-state index in [1.807, 2.05) is 0 Å². The molecule has 0 aliphatic rings. The molecule has 0 saturated carbocycles. The molecule has 1 aromatic carbocycles. The van der Waals surface area contributed by atoms with Gasteiger partial charge in [0.15, 0.2) is 0 Å². The van der Waals surface area contributed by atoms with Crippen molar-refractivity contribution in [2.45, 2.75) is 66.3 Å². The molecule has 1 atom stereocenters. The van der Waals surface area contributed by atoms with Gasteiger partial charge in [-0.05, 0) is 61.9 Å². The standard InChI is InChI=1S/C18H30ClN/c1-6-9-15(10-7-2)18(20-8-3)16-11-14(5)17(19)12-13(16)4/h11-12,15,18,20H,6-10H2,1-5H3. The highest BCUT2D eigenvalue weighted by molar-refractivity contribution is 6.31. The van der Waals surface area contributed by atoms with Gasteiger partial charge in [-0.15, -0.1) is 0 Å². The highest BCUT2D eigenvalue weighted by Crippen LogP contribution is 2.33. The number of nitrogens with one attached hydrogen (secondary N) is 1. The molecule has 0 aliphatic heterocycles. The molecule has 1 rings (SSSR count). The minimum absolute atomic E-state index is 0.455. The Morgan fingerprint density at radius 2 is 1.60 bits per heavy atom. The van der Waals surface area contributed by atoms with Crippen LogP contribution < -0.4 is 5.32 Å². The van der Waals surface area contributed by atoms with E-state index in [1.54, 1.807) is 0 Å². The van der Waals surface area contributed by atoms with E-state index < -0.39 is 0 Å². The summed E-state index contributed by atoms with van der Waals surface area (Å²) < 4.78 is 0. The first-order valence-corrected chi connectivity index (χ1v) is 8.42. The Morgan fingerprint density at radius 1 is 1.00 bits per heavy atom. The van der Waals surface area contributed by atoms with Crippen molar-refractivity contribution >= 4 is 11.6 Å². The van der Waals surface area contributed by atoms with Gasteiger partial charge in [0, 0.05) is 11.1 Å². The molecule has 0 radical (unpaired) electrons. The fraction of sp³-hybridized carbons (Fsp3) is 0.667. The summed E-state index contributed by atoms with van der Waals surface area (Å²) in [6, 6.07) is 4.85. The minimum Gasteiger partial charge on any atom is -0.310 e. The van der Waals surface area contributed by atoms with Crippen LogP contribution in [0.5, 0.6) is 0 Å². The van der Waals surface area contributed by atoms with Crippen LogP contribution in [0.1, 0.15) is 69.2 Å². The van der Waals surface area contributed by atoms with Crippen molar-refractivity contribution in [2.24, 2.45) is 5.92 Å². The van der Waals surface area contributed by atoms with Gasteiger partial charge < -0.3 is 5.32 Å². The number of benzene rings is 1. The van der Waals surface area contributed by atoms with Crippen molar-refractivity contribution < 1.29 is 0 Å². The van der Waals surface area contributed by atoms with Crippen LogP contribution in [0.15, 0.2) is 12.1 Å². The van der Waals surface area contributed by atoms with E-state index in [0.29, 0.717) is 12.0 Å². The third kappa shape index (κ3) is 4.49. The van der Waals surface area contributed by atoms with Crippen molar-refractivity contribution in [3.05, 3.63) is 33.8 Å². The Kier molecular flexibility index (Phi) is 7.61. The topological polar surface area (TPSA) is 12.0 Å². The van der Waals surface area contributed by atoms with E-state index in [2.05, 4.69) is 52.1 Å². The van der Waals surface area contributed by atoms with Crippen molar-refractivity contribution in [2.75, 3.05) is 6.54 Å². The maximum Gasteiger partial charge on any atom is 0.0438 e. The van der Waals surface area contributed by atoms with E-state index in [0.717, 1.165) is 11.6 Å². The zero-order valence-corrected chi connectivity index (χ0v) is 14.5. The van der Waals surface area contributed by atoms with Gasteiger partial charge in [0.2, 0.25) is 0 Å². The second-order valence-electron chi connectivity index (χ2n) is 5.83. The van der Waals surface area contributed by atoms with Crippen molar-refractivity contribution in [3.63, 3.8) is 0 Å². The van der Waals surface area contributed by atoms with Crippen molar-refractivity contribution in [1.82, 2.24) is 5.32 Å². The molecule has 0 aromatic heterocycles. The summed E-state index contributed by atoms with van der Waals surface area (Å²) >= 11 is 6.25. The summed E-state index contributed by atoms with van der Waals surface area (Å²) in [4.78, 5) is 0. The lowest BCUT2D eigenvalue weighted by Gasteiger charge is -2.30. The number of halogens is 1. The van der Waals surface area contributed by atoms with Crippen LogP contribution in [0.4, 0.5) is 0 Å². The second kappa shape index (κ2) is 8.69. The van der Waals surface area contributed by atoms with E-state index in [-0.39, 0.29) is 0 Å². The fourth-order valence-electron chi connectivity index (χ4n) is 3.11. The third-order valence-corrected chi connectivity index (χ3v) is 4.50. The fourth-order valence-corrected chi connectivity index (χ4v) is 3.33. The van der Waals surface area contributed by atoms with Crippen LogP contribution in [0.3, 0.4) is 0 Å². The molecule has 1 N–H and O–H groups in total. The van der Waals surface area contributed by atoms with Crippen LogP contribution in [-0.2, 0) is 0 Å². The van der Waals surface area contributed by atoms with Gasteiger partial charge >= 0.3 is 0 Å². The molecule has 0 aliphatic carbocycles. The Balaban J connectivity index is 3.13. The van der Waals surface area contributed by atoms with Crippen molar-refractivity contribution in [1.29, 1.82) is 0 Å².